The average Bonchev–Trinajstić information content (AvgIpc) is 2.97. The van der Waals surface area contributed by atoms with Gasteiger partial charge < -0.3 is 34.9 Å². The average molecular weight is 612 g/mol. The topological polar surface area (TPSA) is 124 Å². The molecule has 10 nitrogen and oxygen atoms in total. The Morgan fingerprint density at radius 1 is 0.860 bits per heavy atom. The number of hydrogen-bond acceptors (Lipinski definition) is 7. The largest absolute Gasteiger partial charge is 0.497 e. The highest BCUT2D eigenvalue weighted by Crippen LogP contribution is 2.32. The van der Waals surface area contributed by atoms with E-state index in [1.807, 2.05) is 42.5 Å². The summed E-state index contributed by atoms with van der Waals surface area (Å²) in [5.74, 6) is 1.29. The van der Waals surface area contributed by atoms with Crippen molar-refractivity contribution < 1.29 is 33.3 Å². The Balaban J connectivity index is 1.50. The number of halogens is 1. The standard InChI is InChI=1S/C32H38ClN3O7/c1-32(2,3)43-31(39)36-27(11-8-18-34-30(38)41-21-23-9-6-5-7-10-23)29(37)35-20-22-12-14-24(15-13-22)42-28-17-16-25(40-4)19-26(28)33/h5-7,9-10,12-17,19,27H,8,11,18,20-21H2,1-4H3,(H,34,38)(H,35,37)(H,36,39). The number of alkyl carbamates (subject to hydrolysis) is 2. The molecule has 0 bridgehead atoms. The molecule has 11 heteroatoms. The lowest BCUT2D eigenvalue weighted by molar-refractivity contribution is -0.123. The van der Waals surface area contributed by atoms with Crippen LogP contribution >= 0.6 is 11.6 Å². The highest BCUT2D eigenvalue weighted by Gasteiger charge is 2.24. The number of rotatable bonds is 13. The molecule has 3 aromatic rings. The Morgan fingerprint density at radius 2 is 1.56 bits per heavy atom. The molecule has 0 heterocycles. The summed E-state index contributed by atoms with van der Waals surface area (Å²) in [7, 11) is 1.56. The van der Waals surface area contributed by atoms with Gasteiger partial charge in [-0.25, -0.2) is 9.59 Å². The monoisotopic (exact) mass is 611 g/mol. The summed E-state index contributed by atoms with van der Waals surface area (Å²) in [6.07, 6.45) is -0.596. The zero-order valence-electron chi connectivity index (χ0n) is 24.8. The van der Waals surface area contributed by atoms with Crippen molar-refractivity contribution in [1.82, 2.24) is 16.0 Å². The summed E-state index contributed by atoms with van der Waals surface area (Å²) in [5, 5.41) is 8.57. The first-order valence-corrected chi connectivity index (χ1v) is 14.2. The number of methoxy groups -OCH3 is 1. The van der Waals surface area contributed by atoms with E-state index in [-0.39, 0.29) is 32.0 Å². The molecular formula is C32H38ClN3O7. The summed E-state index contributed by atoms with van der Waals surface area (Å²) in [4.78, 5) is 37.5. The number of carbonyl (C=O) groups excluding carboxylic acids is 3. The van der Waals surface area contributed by atoms with Gasteiger partial charge in [0.1, 0.15) is 35.5 Å². The third-order valence-corrected chi connectivity index (χ3v) is 6.21. The van der Waals surface area contributed by atoms with Crippen molar-refractivity contribution in [2.24, 2.45) is 0 Å². The maximum Gasteiger partial charge on any atom is 0.408 e. The highest BCUT2D eigenvalue weighted by molar-refractivity contribution is 6.32. The third-order valence-electron chi connectivity index (χ3n) is 5.92. The van der Waals surface area contributed by atoms with E-state index in [9.17, 15) is 14.4 Å². The van der Waals surface area contributed by atoms with E-state index in [4.69, 9.17) is 30.5 Å². The summed E-state index contributed by atoms with van der Waals surface area (Å²) < 4.78 is 21.5. The van der Waals surface area contributed by atoms with Crippen molar-refractivity contribution in [2.45, 2.75) is 58.4 Å². The first-order valence-electron chi connectivity index (χ1n) is 13.8. The van der Waals surface area contributed by atoms with Crippen molar-refractivity contribution in [3.8, 4) is 17.2 Å². The van der Waals surface area contributed by atoms with Crippen LogP contribution in [-0.2, 0) is 27.4 Å². The molecule has 3 aromatic carbocycles. The first kappa shape index (κ1) is 33.1. The van der Waals surface area contributed by atoms with Gasteiger partial charge >= 0.3 is 12.2 Å². The Labute approximate surface area is 257 Å². The molecule has 0 radical (unpaired) electrons. The van der Waals surface area contributed by atoms with Gasteiger partial charge in [-0.15, -0.1) is 0 Å². The van der Waals surface area contributed by atoms with Gasteiger partial charge in [0, 0.05) is 19.2 Å². The van der Waals surface area contributed by atoms with E-state index in [2.05, 4.69) is 16.0 Å². The van der Waals surface area contributed by atoms with Crippen molar-refractivity contribution in [2.75, 3.05) is 13.7 Å². The molecule has 0 saturated heterocycles. The van der Waals surface area contributed by atoms with Crippen LogP contribution in [0.5, 0.6) is 17.2 Å². The van der Waals surface area contributed by atoms with Crippen molar-refractivity contribution in [3.63, 3.8) is 0 Å². The molecule has 0 spiro atoms. The van der Waals surface area contributed by atoms with E-state index < -0.39 is 23.8 Å². The normalized spacial score (nSPS) is 11.6. The molecule has 1 unspecified atom stereocenters. The second kappa shape index (κ2) is 16.3. The molecule has 1 atom stereocenters. The van der Waals surface area contributed by atoms with Crippen LogP contribution in [-0.4, -0.2) is 43.4 Å². The fraction of sp³-hybridized carbons (Fsp3) is 0.344. The number of amides is 3. The predicted octanol–water partition coefficient (Wildman–Crippen LogP) is 6.36. The SMILES string of the molecule is COc1ccc(Oc2ccc(CNC(=O)C(CCCNC(=O)OCc3ccccc3)NC(=O)OC(C)(C)C)cc2)c(Cl)c1. The molecule has 0 aliphatic heterocycles. The number of carbonyl (C=O) groups is 3. The summed E-state index contributed by atoms with van der Waals surface area (Å²) in [5.41, 5.74) is 0.967. The quantitative estimate of drug-likeness (QED) is 0.192. The Morgan fingerprint density at radius 3 is 2.21 bits per heavy atom. The fourth-order valence-electron chi connectivity index (χ4n) is 3.80. The van der Waals surface area contributed by atoms with E-state index >= 15 is 0 Å². The van der Waals surface area contributed by atoms with Crippen LogP contribution in [0.25, 0.3) is 0 Å². The van der Waals surface area contributed by atoms with Crippen molar-refractivity contribution in [3.05, 3.63) is 88.9 Å². The van der Waals surface area contributed by atoms with Crippen LogP contribution in [0.4, 0.5) is 9.59 Å². The Kier molecular flexibility index (Phi) is 12.5. The van der Waals surface area contributed by atoms with Crippen LogP contribution in [0.1, 0.15) is 44.7 Å². The van der Waals surface area contributed by atoms with Gasteiger partial charge in [0.25, 0.3) is 0 Å². The Hall–Kier alpha value is -4.44. The van der Waals surface area contributed by atoms with E-state index in [1.54, 1.807) is 58.2 Å². The summed E-state index contributed by atoms with van der Waals surface area (Å²) >= 11 is 6.25. The molecule has 43 heavy (non-hydrogen) atoms. The van der Waals surface area contributed by atoms with Crippen LogP contribution in [0, 0.1) is 0 Å². The maximum absolute atomic E-state index is 13.1. The summed E-state index contributed by atoms with van der Waals surface area (Å²) in [6.45, 7) is 5.85. The molecule has 3 N–H and O–H groups in total. The summed E-state index contributed by atoms with van der Waals surface area (Å²) in [6, 6.07) is 20.7. The highest BCUT2D eigenvalue weighted by atomic mass is 35.5. The lowest BCUT2D eigenvalue weighted by Gasteiger charge is -2.23. The van der Waals surface area contributed by atoms with Gasteiger partial charge in [0.2, 0.25) is 5.91 Å². The first-order chi connectivity index (χ1) is 20.5. The van der Waals surface area contributed by atoms with Gasteiger partial charge in [-0.3, -0.25) is 4.79 Å². The lowest BCUT2D eigenvalue weighted by Crippen LogP contribution is -2.48. The van der Waals surface area contributed by atoms with Crippen LogP contribution in [0.2, 0.25) is 5.02 Å². The molecule has 0 aliphatic rings. The van der Waals surface area contributed by atoms with E-state index in [0.717, 1.165) is 11.1 Å². The van der Waals surface area contributed by atoms with Gasteiger partial charge in [-0.05, 0) is 69.0 Å². The van der Waals surface area contributed by atoms with Gasteiger partial charge in [-0.2, -0.15) is 0 Å². The van der Waals surface area contributed by atoms with Gasteiger partial charge in [0.05, 0.1) is 12.1 Å². The van der Waals surface area contributed by atoms with Crippen molar-refractivity contribution >= 4 is 29.7 Å². The number of nitrogens with one attached hydrogen (secondary N) is 3. The fourth-order valence-corrected chi connectivity index (χ4v) is 4.00. The number of hydrogen-bond donors (Lipinski definition) is 3. The predicted molar refractivity (Wildman–Crippen MR) is 163 cm³/mol. The second-order valence-electron chi connectivity index (χ2n) is 10.6. The van der Waals surface area contributed by atoms with Crippen molar-refractivity contribution in [1.29, 1.82) is 0 Å². The smallest absolute Gasteiger partial charge is 0.408 e. The van der Waals surface area contributed by atoms with Crippen LogP contribution in [0.3, 0.4) is 0 Å². The molecule has 0 aromatic heterocycles. The Bertz CT molecular complexity index is 1350. The molecule has 0 fully saturated rings. The van der Waals surface area contributed by atoms with Gasteiger partial charge in [0.15, 0.2) is 0 Å². The molecule has 0 aliphatic carbocycles. The number of benzene rings is 3. The molecule has 3 amide bonds. The lowest BCUT2D eigenvalue weighted by atomic mass is 10.1. The minimum absolute atomic E-state index is 0.153. The maximum atomic E-state index is 13.1. The van der Waals surface area contributed by atoms with Crippen LogP contribution in [0.15, 0.2) is 72.8 Å². The molecule has 0 saturated carbocycles. The van der Waals surface area contributed by atoms with E-state index in [1.165, 1.54) is 0 Å². The number of ether oxygens (including phenoxy) is 4. The van der Waals surface area contributed by atoms with Gasteiger partial charge in [-0.1, -0.05) is 54.1 Å². The van der Waals surface area contributed by atoms with E-state index in [0.29, 0.717) is 28.7 Å². The third kappa shape index (κ3) is 12.1. The molecular weight excluding hydrogens is 574 g/mol. The zero-order chi connectivity index (χ0) is 31.2. The molecule has 230 valence electrons. The second-order valence-corrected chi connectivity index (χ2v) is 11.0. The minimum atomic E-state index is -0.878. The minimum Gasteiger partial charge on any atom is -0.497 e. The van der Waals surface area contributed by atoms with Crippen LogP contribution < -0.4 is 25.4 Å². The zero-order valence-corrected chi connectivity index (χ0v) is 25.5. The molecule has 3 rings (SSSR count).